The van der Waals surface area contributed by atoms with Gasteiger partial charge in [-0.1, -0.05) is 36.4 Å². The number of piperidine rings is 1. The molecule has 3 rings (SSSR count). The van der Waals surface area contributed by atoms with Crippen LogP contribution >= 0.6 is 0 Å². The summed E-state index contributed by atoms with van der Waals surface area (Å²) >= 11 is 0. The lowest BCUT2D eigenvalue weighted by Gasteiger charge is -2.41. The summed E-state index contributed by atoms with van der Waals surface area (Å²) in [6.45, 7) is 0.487. The Kier molecular flexibility index (Phi) is 5.76. The molecule has 142 valence electrons. The van der Waals surface area contributed by atoms with Gasteiger partial charge in [0.2, 0.25) is 0 Å². The summed E-state index contributed by atoms with van der Waals surface area (Å²) in [4.78, 5) is 25.9. The molecule has 1 saturated heterocycles. The Bertz CT molecular complexity index is 770. The lowest BCUT2D eigenvalue weighted by molar-refractivity contribution is -0.158. The number of carbonyl (C=O) groups excluding carboxylic acids is 1. The molecule has 1 aliphatic rings. The van der Waals surface area contributed by atoms with Crippen LogP contribution in [0.25, 0.3) is 0 Å². The van der Waals surface area contributed by atoms with E-state index in [1.54, 1.807) is 53.4 Å². The third kappa shape index (κ3) is 4.46. The number of aliphatic hydroxyl groups is 1. The van der Waals surface area contributed by atoms with Gasteiger partial charge in [0.05, 0.1) is 5.60 Å². The topological polar surface area (TPSA) is 87.1 Å². The molecule has 2 aromatic rings. The number of amides is 1. The highest BCUT2D eigenvalue weighted by Crippen LogP contribution is 2.31. The van der Waals surface area contributed by atoms with E-state index in [0.717, 1.165) is 0 Å². The van der Waals surface area contributed by atoms with Crippen molar-refractivity contribution < 1.29 is 24.5 Å². The lowest BCUT2D eigenvalue weighted by Crippen LogP contribution is -2.54. The van der Waals surface area contributed by atoms with Crippen molar-refractivity contribution in [2.45, 2.75) is 18.4 Å². The average molecular weight is 369 g/mol. The second kappa shape index (κ2) is 8.22. The molecular formula is C21H23NO5. The first-order chi connectivity index (χ1) is 13.0. The summed E-state index contributed by atoms with van der Waals surface area (Å²) in [6.07, 6.45) is 0.390. The Morgan fingerprint density at radius 3 is 2.11 bits per heavy atom. The molecule has 1 unspecified atom stereocenters. The van der Waals surface area contributed by atoms with Crippen LogP contribution in [0.3, 0.4) is 0 Å². The van der Waals surface area contributed by atoms with E-state index in [0.29, 0.717) is 24.4 Å². The Balaban J connectivity index is 1.63. The predicted octanol–water partition coefficient (Wildman–Crippen LogP) is 2.43. The summed E-state index contributed by atoms with van der Waals surface area (Å²) in [5.74, 6) is -1.71. The molecule has 6 nitrogen and oxygen atoms in total. The Morgan fingerprint density at radius 2 is 1.56 bits per heavy atom. The molecule has 0 radical (unpaired) electrons. The summed E-state index contributed by atoms with van der Waals surface area (Å²) in [5, 5.41) is 20.6. The number of hydrogen-bond acceptors (Lipinski definition) is 4. The van der Waals surface area contributed by atoms with E-state index >= 15 is 0 Å². The average Bonchev–Trinajstić information content (AvgIpc) is 2.69. The SMILES string of the molecule is O=C(O)C(COc1ccccc1)C1(O)CCN(C(=O)c2ccccc2)CC1. The summed E-state index contributed by atoms with van der Waals surface area (Å²) < 4.78 is 5.57. The van der Waals surface area contributed by atoms with E-state index in [9.17, 15) is 19.8 Å². The molecule has 2 N–H and O–H groups in total. The van der Waals surface area contributed by atoms with Gasteiger partial charge in [-0.05, 0) is 37.1 Å². The van der Waals surface area contributed by atoms with E-state index < -0.39 is 17.5 Å². The number of rotatable bonds is 6. The number of para-hydroxylation sites is 1. The molecule has 6 heteroatoms. The highest BCUT2D eigenvalue weighted by molar-refractivity contribution is 5.94. The van der Waals surface area contributed by atoms with Crippen LogP contribution in [0, 0.1) is 5.92 Å². The molecule has 0 saturated carbocycles. The second-order valence-electron chi connectivity index (χ2n) is 6.78. The normalized spacial score (nSPS) is 17.1. The molecule has 27 heavy (non-hydrogen) atoms. The van der Waals surface area contributed by atoms with E-state index in [1.807, 2.05) is 12.1 Å². The fourth-order valence-electron chi connectivity index (χ4n) is 3.36. The first-order valence-electron chi connectivity index (χ1n) is 8.97. The van der Waals surface area contributed by atoms with Gasteiger partial charge in [0, 0.05) is 18.7 Å². The third-order valence-corrected chi connectivity index (χ3v) is 5.04. The molecule has 1 atom stereocenters. The van der Waals surface area contributed by atoms with Crippen molar-refractivity contribution in [1.82, 2.24) is 4.90 Å². The number of carbonyl (C=O) groups is 2. The number of ether oxygens (including phenoxy) is 1. The Morgan fingerprint density at radius 1 is 1.00 bits per heavy atom. The zero-order valence-corrected chi connectivity index (χ0v) is 15.0. The molecule has 1 fully saturated rings. The highest BCUT2D eigenvalue weighted by atomic mass is 16.5. The molecule has 0 spiro atoms. The maximum atomic E-state index is 12.5. The maximum absolute atomic E-state index is 12.5. The van der Waals surface area contributed by atoms with E-state index in [2.05, 4.69) is 0 Å². The van der Waals surface area contributed by atoms with Gasteiger partial charge in [0.25, 0.3) is 5.91 Å². The number of nitrogens with zero attached hydrogens (tertiary/aromatic N) is 1. The van der Waals surface area contributed by atoms with Crippen LogP contribution in [0.2, 0.25) is 0 Å². The Labute approximate surface area is 158 Å². The lowest BCUT2D eigenvalue weighted by atomic mass is 9.79. The summed E-state index contributed by atoms with van der Waals surface area (Å²) in [7, 11) is 0. The molecule has 0 bridgehead atoms. The maximum Gasteiger partial charge on any atom is 0.312 e. The van der Waals surface area contributed by atoms with Crippen molar-refractivity contribution in [1.29, 1.82) is 0 Å². The first-order valence-corrected chi connectivity index (χ1v) is 8.97. The molecule has 0 aliphatic carbocycles. The highest BCUT2D eigenvalue weighted by Gasteiger charge is 2.45. The van der Waals surface area contributed by atoms with Gasteiger partial charge < -0.3 is 19.8 Å². The van der Waals surface area contributed by atoms with Gasteiger partial charge in [0.1, 0.15) is 18.3 Å². The third-order valence-electron chi connectivity index (χ3n) is 5.04. The smallest absolute Gasteiger partial charge is 0.312 e. The fraction of sp³-hybridized carbons (Fsp3) is 0.333. The standard InChI is InChI=1S/C21H23NO5/c23-19(16-7-3-1-4-8-16)22-13-11-21(26,12-14-22)18(20(24)25)15-27-17-9-5-2-6-10-17/h1-10,18,26H,11-15H2,(H,24,25). The number of benzene rings is 2. The number of carboxylic acids is 1. The number of hydrogen-bond donors (Lipinski definition) is 2. The Hall–Kier alpha value is -2.86. The minimum atomic E-state index is -1.41. The fourth-order valence-corrected chi connectivity index (χ4v) is 3.36. The zero-order chi connectivity index (χ0) is 19.3. The number of carboxylic acid groups (broad SMARTS) is 1. The quantitative estimate of drug-likeness (QED) is 0.817. The molecule has 0 aromatic heterocycles. The predicted molar refractivity (Wildman–Crippen MR) is 99.6 cm³/mol. The van der Waals surface area contributed by atoms with Crippen LogP contribution in [-0.2, 0) is 4.79 Å². The van der Waals surface area contributed by atoms with Gasteiger partial charge in [-0.2, -0.15) is 0 Å². The molecule has 1 aliphatic heterocycles. The van der Waals surface area contributed by atoms with E-state index in [-0.39, 0.29) is 25.4 Å². The van der Waals surface area contributed by atoms with Crippen molar-refractivity contribution in [2.75, 3.05) is 19.7 Å². The summed E-state index contributed by atoms with van der Waals surface area (Å²) in [6, 6.07) is 17.9. The molecule has 2 aromatic carbocycles. The molecule has 1 amide bonds. The minimum absolute atomic E-state index is 0.106. The van der Waals surface area contributed by atoms with Crippen molar-refractivity contribution in [3.8, 4) is 5.75 Å². The van der Waals surface area contributed by atoms with Crippen molar-refractivity contribution in [2.24, 2.45) is 5.92 Å². The van der Waals surface area contributed by atoms with Gasteiger partial charge in [-0.15, -0.1) is 0 Å². The van der Waals surface area contributed by atoms with Crippen LogP contribution in [-0.4, -0.2) is 52.3 Å². The van der Waals surface area contributed by atoms with Gasteiger partial charge >= 0.3 is 5.97 Å². The number of aliphatic carboxylic acids is 1. The second-order valence-corrected chi connectivity index (χ2v) is 6.78. The number of likely N-dealkylation sites (tertiary alicyclic amines) is 1. The van der Waals surface area contributed by atoms with Gasteiger partial charge in [-0.25, -0.2) is 0 Å². The molecular weight excluding hydrogens is 346 g/mol. The van der Waals surface area contributed by atoms with E-state index in [1.165, 1.54) is 0 Å². The van der Waals surface area contributed by atoms with Gasteiger partial charge in [-0.3, -0.25) is 9.59 Å². The monoisotopic (exact) mass is 369 g/mol. The van der Waals surface area contributed by atoms with Crippen molar-refractivity contribution in [3.05, 3.63) is 66.2 Å². The summed E-state index contributed by atoms with van der Waals surface area (Å²) in [5.41, 5.74) is -0.821. The minimum Gasteiger partial charge on any atom is -0.493 e. The van der Waals surface area contributed by atoms with Crippen LogP contribution < -0.4 is 4.74 Å². The van der Waals surface area contributed by atoms with Crippen LogP contribution in [0.4, 0.5) is 0 Å². The van der Waals surface area contributed by atoms with Crippen molar-refractivity contribution in [3.63, 3.8) is 0 Å². The molecule has 1 heterocycles. The van der Waals surface area contributed by atoms with Gasteiger partial charge in [0.15, 0.2) is 0 Å². The van der Waals surface area contributed by atoms with Crippen LogP contribution in [0.5, 0.6) is 5.75 Å². The zero-order valence-electron chi connectivity index (χ0n) is 15.0. The van der Waals surface area contributed by atoms with E-state index in [4.69, 9.17) is 4.74 Å². The van der Waals surface area contributed by atoms with Crippen LogP contribution in [0.15, 0.2) is 60.7 Å². The van der Waals surface area contributed by atoms with Crippen molar-refractivity contribution >= 4 is 11.9 Å². The largest absolute Gasteiger partial charge is 0.493 e. The van der Waals surface area contributed by atoms with Crippen LogP contribution in [0.1, 0.15) is 23.2 Å². The first kappa shape index (κ1) is 18.9.